The lowest BCUT2D eigenvalue weighted by Crippen LogP contribution is -2.26. The molecule has 22 heavy (non-hydrogen) atoms. The van der Waals surface area contributed by atoms with Crippen molar-refractivity contribution in [1.82, 2.24) is 15.3 Å². The smallest absolute Gasteiger partial charge is 0.220 e. The molecule has 1 amide bonds. The van der Waals surface area contributed by atoms with Gasteiger partial charge in [0.15, 0.2) is 0 Å². The monoisotopic (exact) mass is 293 g/mol. The molecule has 0 radical (unpaired) electrons. The van der Waals surface area contributed by atoms with Gasteiger partial charge in [-0.15, -0.1) is 0 Å². The number of nitrogens with one attached hydrogen (secondary N) is 2. The number of para-hydroxylation sites is 2. The molecule has 0 spiro atoms. The molecule has 2 aromatic carbocycles. The van der Waals surface area contributed by atoms with E-state index in [2.05, 4.69) is 15.3 Å². The molecule has 1 heterocycles. The second-order valence-corrected chi connectivity index (χ2v) is 5.40. The molecule has 1 aromatic heterocycles. The minimum Gasteiger partial charge on any atom is -0.350 e. The molecule has 0 bridgehead atoms. The van der Waals surface area contributed by atoms with E-state index in [1.807, 2.05) is 61.5 Å². The molecule has 4 heteroatoms. The summed E-state index contributed by atoms with van der Waals surface area (Å²) in [4.78, 5) is 19.8. The number of benzene rings is 2. The Kier molecular flexibility index (Phi) is 4.19. The number of amides is 1. The summed E-state index contributed by atoms with van der Waals surface area (Å²) < 4.78 is 0. The van der Waals surface area contributed by atoms with Gasteiger partial charge in [0.2, 0.25) is 5.91 Å². The van der Waals surface area contributed by atoms with Crippen LogP contribution in [0.25, 0.3) is 11.0 Å². The molecule has 4 nitrogen and oxygen atoms in total. The van der Waals surface area contributed by atoms with Crippen LogP contribution in [0.4, 0.5) is 0 Å². The number of aromatic amines is 1. The summed E-state index contributed by atoms with van der Waals surface area (Å²) in [5.74, 6) is 0.889. The lowest BCUT2D eigenvalue weighted by molar-refractivity contribution is -0.121. The molecular formula is C18H19N3O. The zero-order valence-corrected chi connectivity index (χ0v) is 12.5. The van der Waals surface area contributed by atoms with Crippen LogP contribution in [0.1, 0.15) is 30.8 Å². The molecule has 112 valence electrons. The number of hydrogen-bond donors (Lipinski definition) is 2. The van der Waals surface area contributed by atoms with E-state index >= 15 is 0 Å². The molecule has 0 unspecified atom stereocenters. The van der Waals surface area contributed by atoms with E-state index in [0.717, 1.165) is 22.4 Å². The second kappa shape index (κ2) is 6.43. The summed E-state index contributed by atoms with van der Waals surface area (Å²) in [7, 11) is 0. The zero-order valence-electron chi connectivity index (χ0n) is 12.5. The Bertz CT molecular complexity index is 731. The van der Waals surface area contributed by atoms with Gasteiger partial charge in [-0.2, -0.15) is 0 Å². The van der Waals surface area contributed by atoms with Crippen molar-refractivity contribution in [1.29, 1.82) is 0 Å². The fraction of sp³-hybridized carbons (Fsp3) is 0.222. The molecule has 0 aliphatic heterocycles. The summed E-state index contributed by atoms with van der Waals surface area (Å²) in [6, 6.07) is 17.9. The lowest BCUT2D eigenvalue weighted by atomic mass is 10.1. The largest absolute Gasteiger partial charge is 0.350 e. The van der Waals surface area contributed by atoms with E-state index in [0.29, 0.717) is 12.8 Å². The quantitative estimate of drug-likeness (QED) is 0.757. The van der Waals surface area contributed by atoms with Crippen molar-refractivity contribution in [3.8, 4) is 0 Å². The number of hydrogen-bond acceptors (Lipinski definition) is 2. The number of carbonyl (C=O) groups excluding carboxylic acids is 1. The van der Waals surface area contributed by atoms with Gasteiger partial charge in [-0.3, -0.25) is 4.79 Å². The van der Waals surface area contributed by atoms with E-state index in [4.69, 9.17) is 0 Å². The number of aryl methyl sites for hydroxylation is 1. The van der Waals surface area contributed by atoms with Crippen molar-refractivity contribution < 1.29 is 4.79 Å². The highest BCUT2D eigenvalue weighted by Gasteiger charge is 2.10. The van der Waals surface area contributed by atoms with Crippen LogP contribution in [0.15, 0.2) is 54.6 Å². The Labute approximate surface area is 129 Å². The molecule has 0 aliphatic carbocycles. The van der Waals surface area contributed by atoms with Gasteiger partial charge in [-0.05, 0) is 24.6 Å². The number of H-pyrrole nitrogens is 1. The number of imidazole rings is 1. The number of fused-ring (bicyclic) bond motifs is 1. The van der Waals surface area contributed by atoms with Gasteiger partial charge in [-0.1, -0.05) is 42.5 Å². The van der Waals surface area contributed by atoms with Gasteiger partial charge in [0.05, 0.1) is 17.1 Å². The zero-order chi connectivity index (χ0) is 15.4. The first-order valence-electron chi connectivity index (χ1n) is 7.50. The third-order valence-electron chi connectivity index (χ3n) is 3.70. The maximum Gasteiger partial charge on any atom is 0.220 e. The van der Waals surface area contributed by atoms with E-state index in [1.165, 1.54) is 0 Å². The van der Waals surface area contributed by atoms with Crippen molar-refractivity contribution in [2.45, 2.75) is 25.8 Å². The van der Waals surface area contributed by atoms with Crippen LogP contribution in [0.3, 0.4) is 0 Å². The number of nitrogens with zero attached hydrogens (tertiary/aromatic N) is 1. The van der Waals surface area contributed by atoms with E-state index in [1.54, 1.807) is 0 Å². The number of carbonyl (C=O) groups is 1. The Balaban J connectivity index is 1.56. The highest BCUT2D eigenvalue weighted by molar-refractivity contribution is 5.77. The van der Waals surface area contributed by atoms with Crippen LogP contribution in [0.2, 0.25) is 0 Å². The van der Waals surface area contributed by atoms with Crippen LogP contribution < -0.4 is 5.32 Å². The normalized spacial score (nSPS) is 12.2. The maximum atomic E-state index is 12.1. The van der Waals surface area contributed by atoms with Gasteiger partial charge < -0.3 is 10.3 Å². The summed E-state index contributed by atoms with van der Waals surface area (Å²) in [6.07, 6.45) is 1.04. The molecular weight excluding hydrogens is 274 g/mol. The van der Waals surface area contributed by atoms with Gasteiger partial charge >= 0.3 is 0 Å². The third-order valence-corrected chi connectivity index (χ3v) is 3.70. The van der Waals surface area contributed by atoms with E-state index in [9.17, 15) is 4.79 Å². The SMILES string of the molecule is C[C@@H](NC(=O)CCc1nc2ccccc2[nH]1)c1ccccc1. The van der Waals surface area contributed by atoms with Crippen LogP contribution in [0, 0.1) is 0 Å². The maximum absolute atomic E-state index is 12.1. The molecule has 3 aromatic rings. The average Bonchev–Trinajstić information content (AvgIpc) is 2.96. The Morgan fingerprint density at radius 1 is 1.14 bits per heavy atom. The Hall–Kier alpha value is -2.62. The van der Waals surface area contributed by atoms with Crippen LogP contribution in [-0.2, 0) is 11.2 Å². The second-order valence-electron chi connectivity index (χ2n) is 5.40. The molecule has 0 aliphatic rings. The standard InChI is InChI=1S/C18H19N3O/c1-13(14-7-3-2-4-8-14)19-18(22)12-11-17-20-15-9-5-6-10-16(15)21-17/h2-10,13H,11-12H2,1H3,(H,19,22)(H,20,21)/t13-/m1/s1. The topological polar surface area (TPSA) is 57.8 Å². The lowest BCUT2D eigenvalue weighted by Gasteiger charge is -2.13. The highest BCUT2D eigenvalue weighted by Crippen LogP contribution is 2.13. The third kappa shape index (κ3) is 3.34. The van der Waals surface area contributed by atoms with Crippen molar-refractivity contribution in [2.75, 3.05) is 0 Å². The summed E-state index contributed by atoms with van der Waals surface area (Å²) in [5, 5.41) is 3.02. The van der Waals surface area contributed by atoms with Gasteiger partial charge in [0.1, 0.15) is 5.82 Å². The minimum absolute atomic E-state index is 0.0179. The average molecular weight is 293 g/mol. The number of rotatable bonds is 5. The Morgan fingerprint density at radius 2 is 1.86 bits per heavy atom. The van der Waals surface area contributed by atoms with Crippen molar-refractivity contribution in [2.24, 2.45) is 0 Å². The van der Waals surface area contributed by atoms with Crippen molar-refractivity contribution in [3.05, 3.63) is 66.0 Å². The van der Waals surface area contributed by atoms with E-state index < -0.39 is 0 Å². The van der Waals surface area contributed by atoms with Crippen LogP contribution in [0.5, 0.6) is 0 Å². The molecule has 0 saturated carbocycles. The van der Waals surface area contributed by atoms with Gasteiger partial charge in [-0.25, -0.2) is 4.98 Å². The predicted octanol–water partition coefficient (Wildman–Crippen LogP) is 3.37. The summed E-state index contributed by atoms with van der Waals surface area (Å²) >= 11 is 0. The molecule has 0 fully saturated rings. The first-order chi connectivity index (χ1) is 10.7. The molecule has 0 saturated heterocycles. The van der Waals surface area contributed by atoms with Crippen LogP contribution >= 0.6 is 0 Å². The van der Waals surface area contributed by atoms with Crippen molar-refractivity contribution >= 4 is 16.9 Å². The Morgan fingerprint density at radius 3 is 2.64 bits per heavy atom. The summed E-state index contributed by atoms with van der Waals surface area (Å²) in [5.41, 5.74) is 3.06. The van der Waals surface area contributed by atoms with Crippen LogP contribution in [-0.4, -0.2) is 15.9 Å². The molecule has 1 atom stereocenters. The minimum atomic E-state index is 0.0179. The highest BCUT2D eigenvalue weighted by atomic mass is 16.1. The number of aromatic nitrogens is 2. The molecule has 3 rings (SSSR count). The van der Waals surface area contributed by atoms with E-state index in [-0.39, 0.29) is 11.9 Å². The van der Waals surface area contributed by atoms with Crippen molar-refractivity contribution in [3.63, 3.8) is 0 Å². The van der Waals surface area contributed by atoms with Gasteiger partial charge in [0.25, 0.3) is 0 Å². The molecule has 2 N–H and O–H groups in total. The fourth-order valence-electron chi connectivity index (χ4n) is 2.49. The first kappa shape index (κ1) is 14.3. The summed E-state index contributed by atoms with van der Waals surface area (Å²) in [6.45, 7) is 1.99. The predicted molar refractivity (Wildman–Crippen MR) is 87.4 cm³/mol. The van der Waals surface area contributed by atoms with Gasteiger partial charge in [0, 0.05) is 12.8 Å². The first-order valence-corrected chi connectivity index (χ1v) is 7.50. The fourth-order valence-corrected chi connectivity index (χ4v) is 2.49.